The Morgan fingerprint density at radius 2 is 1.61 bits per heavy atom. The van der Waals surface area contributed by atoms with Crippen molar-refractivity contribution < 1.29 is 19.1 Å². The second-order valence-electron chi connectivity index (χ2n) is 7.54. The number of fused-ring (bicyclic) bond motifs is 1. The van der Waals surface area contributed by atoms with Gasteiger partial charge in [0.2, 0.25) is 6.79 Å². The third-order valence-corrected chi connectivity index (χ3v) is 5.39. The molecular weight excluding hydrogens is 392 g/mol. The fourth-order valence-electron chi connectivity index (χ4n) is 3.82. The van der Waals surface area contributed by atoms with Crippen molar-refractivity contribution in [2.24, 2.45) is 0 Å². The zero-order valence-electron chi connectivity index (χ0n) is 17.1. The van der Waals surface area contributed by atoms with Crippen LogP contribution >= 0.6 is 0 Å². The number of anilines is 2. The van der Waals surface area contributed by atoms with Gasteiger partial charge in [-0.3, -0.25) is 9.59 Å². The minimum absolute atomic E-state index is 0.161. The van der Waals surface area contributed by atoms with E-state index >= 15 is 0 Å². The molecule has 0 saturated carbocycles. The Hall–Kier alpha value is -4.06. The van der Waals surface area contributed by atoms with Gasteiger partial charge in [-0.2, -0.15) is 0 Å². The molecule has 6 nitrogen and oxygen atoms in total. The van der Waals surface area contributed by atoms with Crippen molar-refractivity contribution in [1.82, 2.24) is 0 Å². The van der Waals surface area contributed by atoms with Crippen LogP contribution in [0.1, 0.15) is 16.7 Å². The number of imide groups is 1. The van der Waals surface area contributed by atoms with Crippen molar-refractivity contribution >= 4 is 28.8 Å². The Kier molecular flexibility index (Phi) is 4.47. The number of nitrogens with one attached hydrogen (secondary N) is 1. The maximum atomic E-state index is 13.5. The summed E-state index contributed by atoms with van der Waals surface area (Å²) >= 11 is 0. The third-order valence-electron chi connectivity index (χ3n) is 5.39. The van der Waals surface area contributed by atoms with E-state index in [2.05, 4.69) is 5.32 Å². The lowest BCUT2D eigenvalue weighted by molar-refractivity contribution is -0.120. The van der Waals surface area contributed by atoms with Gasteiger partial charge in [0.25, 0.3) is 11.8 Å². The highest BCUT2D eigenvalue weighted by Gasteiger charge is 2.40. The molecule has 0 saturated heterocycles. The van der Waals surface area contributed by atoms with E-state index in [4.69, 9.17) is 9.47 Å². The maximum absolute atomic E-state index is 13.5. The van der Waals surface area contributed by atoms with Crippen LogP contribution in [0, 0.1) is 13.8 Å². The molecule has 31 heavy (non-hydrogen) atoms. The first kappa shape index (κ1) is 18.9. The fourth-order valence-corrected chi connectivity index (χ4v) is 3.82. The summed E-state index contributed by atoms with van der Waals surface area (Å²) in [6, 6.07) is 20.3. The van der Waals surface area contributed by atoms with Crippen LogP contribution in [0.5, 0.6) is 11.5 Å². The summed E-state index contributed by atoms with van der Waals surface area (Å²) in [6.07, 6.45) is 0. The predicted octanol–water partition coefficient (Wildman–Crippen LogP) is 4.43. The molecule has 1 N–H and O–H groups in total. The molecule has 0 spiro atoms. The smallest absolute Gasteiger partial charge is 0.282 e. The molecule has 3 aromatic rings. The second-order valence-corrected chi connectivity index (χ2v) is 7.54. The molecule has 2 aliphatic rings. The minimum atomic E-state index is -0.393. The molecule has 5 rings (SSSR count). The topological polar surface area (TPSA) is 67.9 Å². The zero-order chi connectivity index (χ0) is 21.5. The van der Waals surface area contributed by atoms with Crippen LogP contribution in [-0.2, 0) is 9.59 Å². The highest BCUT2D eigenvalue weighted by molar-refractivity contribution is 6.46. The molecule has 0 radical (unpaired) electrons. The minimum Gasteiger partial charge on any atom is -0.454 e. The van der Waals surface area contributed by atoms with Crippen molar-refractivity contribution in [3.05, 3.63) is 89.1 Å². The SMILES string of the molecule is Cc1ccc(C)c(N2C(=O)C(Nc3ccc4c(c3)OCO4)=C(c3ccccc3)C2=O)c1. The molecule has 3 aromatic carbocycles. The number of hydrogen-bond acceptors (Lipinski definition) is 5. The highest BCUT2D eigenvalue weighted by Crippen LogP contribution is 2.38. The number of amides is 2. The summed E-state index contributed by atoms with van der Waals surface area (Å²) in [4.78, 5) is 28.3. The first-order chi connectivity index (χ1) is 15.0. The van der Waals surface area contributed by atoms with Gasteiger partial charge in [0.05, 0.1) is 11.3 Å². The van der Waals surface area contributed by atoms with Crippen LogP contribution in [-0.4, -0.2) is 18.6 Å². The molecule has 2 amide bonds. The fraction of sp³-hybridized carbons (Fsp3) is 0.120. The Morgan fingerprint density at radius 1 is 0.839 bits per heavy atom. The van der Waals surface area contributed by atoms with E-state index in [1.807, 2.05) is 62.4 Å². The lowest BCUT2D eigenvalue weighted by Gasteiger charge is -2.18. The largest absolute Gasteiger partial charge is 0.454 e. The van der Waals surface area contributed by atoms with Crippen molar-refractivity contribution in [3.63, 3.8) is 0 Å². The standard InChI is InChI=1S/C25H20N2O4/c1-15-8-9-16(2)19(12-15)27-24(28)22(17-6-4-3-5-7-17)23(25(27)29)26-18-10-11-20-21(13-18)31-14-30-20/h3-13,26H,14H2,1-2H3. The summed E-state index contributed by atoms with van der Waals surface area (Å²) < 4.78 is 10.8. The van der Waals surface area contributed by atoms with Gasteiger partial charge in [-0.25, -0.2) is 4.90 Å². The van der Waals surface area contributed by atoms with Gasteiger partial charge in [-0.1, -0.05) is 42.5 Å². The highest BCUT2D eigenvalue weighted by atomic mass is 16.7. The summed E-state index contributed by atoms with van der Waals surface area (Å²) in [5.41, 5.74) is 4.29. The number of benzene rings is 3. The monoisotopic (exact) mass is 412 g/mol. The second kappa shape index (κ2) is 7.32. The van der Waals surface area contributed by atoms with E-state index in [1.54, 1.807) is 18.2 Å². The molecule has 154 valence electrons. The zero-order valence-corrected chi connectivity index (χ0v) is 17.1. The molecule has 2 aliphatic heterocycles. The Bertz CT molecular complexity index is 1250. The summed E-state index contributed by atoms with van der Waals surface area (Å²) in [5.74, 6) is 0.493. The number of hydrogen-bond donors (Lipinski definition) is 1. The van der Waals surface area contributed by atoms with Gasteiger partial charge in [0.1, 0.15) is 5.70 Å². The van der Waals surface area contributed by atoms with Crippen molar-refractivity contribution in [1.29, 1.82) is 0 Å². The number of rotatable bonds is 4. The molecular formula is C25H20N2O4. The van der Waals surface area contributed by atoms with Crippen molar-refractivity contribution in [3.8, 4) is 11.5 Å². The molecule has 0 aromatic heterocycles. The van der Waals surface area contributed by atoms with E-state index in [-0.39, 0.29) is 18.4 Å². The lowest BCUT2D eigenvalue weighted by Crippen LogP contribution is -2.33. The summed E-state index contributed by atoms with van der Waals surface area (Å²) in [5, 5.41) is 3.17. The van der Waals surface area contributed by atoms with E-state index in [0.29, 0.717) is 34.0 Å². The molecule has 0 atom stereocenters. The molecule has 2 heterocycles. The maximum Gasteiger partial charge on any atom is 0.282 e. The van der Waals surface area contributed by atoms with Crippen LogP contribution in [0.3, 0.4) is 0 Å². The van der Waals surface area contributed by atoms with Gasteiger partial charge in [0, 0.05) is 11.8 Å². The van der Waals surface area contributed by atoms with Crippen LogP contribution in [0.15, 0.2) is 72.4 Å². The van der Waals surface area contributed by atoms with E-state index < -0.39 is 5.91 Å². The summed E-state index contributed by atoms with van der Waals surface area (Å²) in [6.45, 7) is 3.99. The van der Waals surface area contributed by atoms with Crippen molar-refractivity contribution in [2.45, 2.75) is 13.8 Å². The van der Waals surface area contributed by atoms with E-state index in [0.717, 1.165) is 11.1 Å². The number of aryl methyl sites for hydroxylation is 2. The molecule has 0 fully saturated rings. The van der Waals surface area contributed by atoms with Gasteiger partial charge in [0.15, 0.2) is 11.5 Å². The first-order valence-corrected chi connectivity index (χ1v) is 9.95. The van der Waals surface area contributed by atoms with Gasteiger partial charge in [-0.05, 0) is 48.7 Å². The third kappa shape index (κ3) is 3.22. The average molecular weight is 412 g/mol. The number of carbonyl (C=O) groups excluding carboxylic acids is 2. The van der Waals surface area contributed by atoms with Gasteiger partial charge in [-0.15, -0.1) is 0 Å². The lowest BCUT2D eigenvalue weighted by atomic mass is 10.0. The molecule has 0 unspecified atom stereocenters. The Labute approximate surface area is 179 Å². The normalized spacial score (nSPS) is 15.1. The van der Waals surface area contributed by atoms with E-state index in [1.165, 1.54) is 4.90 Å². The number of nitrogens with zero attached hydrogens (tertiary/aromatic N) is 1. The van der Waals surface area contributed by atoms with Crippen LogP contribution in [0.2, 0.25) is 0 Å². The van der Waals surface area contributed by atoms with Crippen LogP contribution < -0.4 is 19.7 Å². The van der Waals surface area contributed by atoms with E-state index in [9.17, 15) is 9.59 Å². The van der Waals surface area contributed by atoms with Crippen LogP contribution in [0.4, 0.5) is 11.4 Å². The first-order valence-electron chi connectivity index (χ1n) is 9.95. The molecule has 0 bridgehead atoms. The quantitative estimate of drug-likeness (QED) is 0.642. The van der Waals surface area contributed by atoms with Gasteiger partial charge >= 0.3 is 0 Å². The Balaban J connectivity index is 1.61. The van der Waals surface area contributed by atoms with Crippen molar-refractivity contribution in [2.75, 3.05) is 17.0 Å². The number of carbonyl (C=O) groups is 2. The van der Waals surface area contributed by atoms with Gasteiger partial charge < -0.3 is 14.8 Å². The predicted molar refractivity (Wildman–Crippen MR) is 118 cm³/mol. The van der Waals surface area contributed by atoms with Crippen LogP contribution in [0.25, 0.3) is 5.57 Å². The Morgan fingerprint density at radius 3 is 2.42 bits per heavy atom. The molecule has 6 heteroatoms. The average Bonchev–Trinajstić information content (AvgIpc) is 3.33. The molecule has 0 aliphatic carbocycles. The number of ether oxygens (including phenoxy) is 2. The summed E-state index contributed by atoms with van der Waals surface area (Å²) in [7, 11) is 0.